The van der Waals surface area contributed by atoms with Crippen molar-refractivity contribution < 1.29 is 4.79 Å². The van der Waals surface area contributed by atoms with E-state index in [1.807, 2.05) is 6.92 Å². The molecule has 2 rings (SSSR count). The first-order valence-corrected chi connectivity index (χ1v) is 6.95. The van der Waals surface area contributed by atoms with Crippen molar-refractivity contribution in [2.45, 2.75) is 6.92 Å². The third-order valence-corrected chi connectivity index (χ3v) is 3.57. The summed E-state index contributed by atoms with van der Waals surface area (Å²) < 4.78 is 0.630. The van der Waals surface area contributed by atoms with Crippen LogP contribution in [-0.4, -0.2) is 22.9 Å². The summed E-state index contributed by atoms with van der Waals surface area (Å²) in [6, 6.07) is 3.53. The van der Waals surface area contributed by atoms with Crippen LogP contribution in [0.15, 0.2) is 29.1 Å². The number of anilines is 2. The van der Waals surface area contributed by atoms with Crippen LogP contribution in [0.4, 0.5) is 11.4 Å². The van der Waals surface area contributed by atoms with Crippen molar-refractivity contribution in [3.8, 4) is 0 Å². The molecule has 0 saturated heterocycles. The van der Waals surface area contributed by atoms with Crippen molar-refractivity contribution in [3.05, 3.63) is 45.4 Å². The van der Waals surface area contributed by atoms with E-state index < -0.39 is 0 Å². The lowest BCUT2D eigenvalue weighted by molar-refractivity contribution is 0.0963. The molecule has 0 atom stereocenters. The van der Waals surface area contributed by atoms with Gasteiger partial charge in [-0.1, -0.05) is 11.6 Å². The first-order chi connectivity index (χ1) is 9.52. The maximum absolute atomic E-state index is 11.8. The van der Waals surface area contributed by atoms with Crippen molar-refractivity contribution >= 4 is 44.8 Å². The Morgan fingerprint density at radius 1 is 1.35 bits per heavy atom. The van der Waals surface area contributed by atoms with E-state index in [2.05, 4.69) is 36.5 Å². The zero-order chi connectivity index (χ0) is 14.7. The number of aromatic nitrogens is 2. The second-order valence-corrected chi connectivity index (χ2v) is 5.20. The van der Waals surface area contributed by atoms with E-state index in [0.29, 0.717) is 21.0 Å². The van der Waals surface area contributed by atoms with Crippen molar-refractivity contribution in [1.82, 2.24) is 15.3 Å². The van der Waals surface area contributed by atoms with Crippen LogP contribution in [0, 0.1) is 6.92 Å². The standard InChI is InChI=1S/C13H12BrClN4O/c1-7-9(3-4-17-12(7)15)19-10-5-11(14)18-6-8(10)13(20)16-2/h3-6H,1-2H3,(H,16,20)(H,17,18,19). The lowest BCUT2D eigenvalue weighted by Gasteiger charge is -2.13. The summed E-state index contributed by atoms with van der Waals surface area (Å²) in [4.78, 5) is 19.9. The van der Waals surface area contributed by atoms with E-state index in [4.69, 9.17) is 11.6 Å². The van der Waals surface area contributed by atoms with Crippen LogP contribution in [0.3, 0.4) is 0 Å². The van der Waals surface area contributed by atoms with Gasteiger partial charge < -0.3 is 10.6 Å². The summed E-state index contributed by atoms with van der Waals surface area (Å²) in [5.41, 5.74) is 2.68. The molecule has 0 aliphatic rings. The highest BCUT2D eigenvalue weighted by molar-refractivity contribution is 9.10. The number of pyridine rings is 2. The third kappa shape index (κ3) is 3.08. The summed E-state index contributed by atoms with van der Waals surface area (Å²) in [6.45, 7) is 1.85. The zero-order valence-electron chi connectivity index (χ0n) is 10.9. The smallest absolute Gasteiger partial charge is 0.254 e. The molecule has 20 heavy (non-hydrogen) atoms. The monoisotopic (exact) mass is 354 g/mol. The van der Waals surface area contributed by atoms with Gasteiger partial charge in [-0.2, -0.15) is 0 Å². The third-order valence-electron chi connectivity index (χ3n) is 2.75. The Labute approximate surface area is 129 Å². The summed E-state index contributed by atoms with van der Waals surface area (Å²) >= 11 is 9.28. The molecule has 0 radical (unpaired) electrons. The summed E-state index contributed by atoms with van der Waals surface area (Å²) in [5, 5.41) is 6.18. The fourth-order valence-electron chi connectivity index (χ4n) is 1.64. The molecule has 5 nitrogen and oxygen atoms in total. The number of hydrogen-bond donors (Lipinski definition) is 2. The van der Waals surface area contributed by atoms with Gasteiger partial charge in [-0.15, -0.1) is 0 Å². The number of nitrogens with zero attached hydrogens (tertiary/aromatic N) is 2. The van der Waals surface area contributed by atoms with Crippen LogP contribution in [0.25, 0.3) is 0 Å². The van der Waals surface area contributed by atoms with Crippen LogP contribution in [0.2, 0.25) is 5.15 Å². The second-order valence-electron chi connectivity index (χ2n) is 4.03. The van der Waals surface area contributed by atoms with Gasteiger partial charge >= 0.3 is 0 Å². The van der Waals surface area contributed by atoms with Gasteiger partial charge in [-0.05, 0) is 35.0 Å². The summed E-state index contributed by atoms with van der Waals surface area (Å²) in [7, 11) is 1.57. The molecular formula is C13H12BrClN4O. The largest absolute Gasteiger partial charge is 0.355 e. The molecule has 0 saturated carbocycles. The minimum absolute atomic E-state index is 0.217. The Hall–Kier alpha value is -1.66. The molecule has 2 aromatic heterocycles. The van der Waals surface area contributed by atoms with Crippen LogP contribution in [0.1, 0.15) is 15.9 Å². The number of amides is 1. The Morgan fingerprint density at radius 2 is 2.10 bits per heavy atom. The molecule has 0 fully saturated rings. The molecule has 0 aliphatic carbocycles. The molecule has 104 valence electrons. The number of carbonyl (C=O) groups is 1. The van der Waals surface area contributed by atoms with Gasteiger partial charge in [-0.3, -0.25) is 4.79 Å². The van der Waals surface area contributed by atoms with Crippen LogP contribution < -0.4 is 10.6 Å². The summed E-state index contributed by atoms with van der Waals surface area (Å²) in [5.74, 6) is -0.217. The van der Waals surface area contributed by atoms with E-state index in [1.54, 1.807) is 25.4 Å². The van der Waals surface area contributed by atoms with Gasteiger partial charge in [0.2, 0.25) is 0 Å². The minimum Gasteiger partial charge on any atom is -0.355 e. The predicted octanol–water partition coefficient (Wildman–Crippen LogP) is 3.30. The number of carbonyl (C=O) groups excluding carboxylic acids is 1. The molecule has 2 aromatic rings. The van der Waals surface area contributed by atoms with Gasteiger partial charge in [-0.25, -0.2) is 9.97 Å². The number of halogens is 2. The van der Waals surface area contributed by atoms with Gasteiger partial charge in [0.25, 0.3) is 5.91 Å². The molecule has 2 N–H and O–H groups in total. The fourth-order valence-corrected chi connectivity index (χ4v) is 2.13. The van der Waals surface area contributed by atoms with Gasteiger partial charge in [0.1, 0.15) is 9.76 Å². The van der Waals surface area contributed by atoms with E-state index in [-0.39, 0.29) is 5.91 Å². The average Bonchev–Trinajstić information content (AvgIpc) is 2.43. The highest BCUT2D eigenvalue weighted by Crippen LogP contribution is 2.27. The Kier molecular flexibility index (Phi) is 4.57. The topological polar surface area (TPSA) is 66.9 Å². The van der Waals surface area contributed by atoms with Crippen molar-refractivity contribution in [1.29, 1.82) is 0 Å². The Balaban J connectivity index is 2.44. The predicted molar refractivity (Wildman–Crippen MR) is 82.6 cm³/mol. The quantitative estimate of drug-likeness (QED) is 0.829. The molecule has 0 aliphatic heterocycles. The fraction of sp³-hybridized carbons (Fsp3) is 0.154. The molecule has 0 bridgehead atoms. The molecule has 2 heterocycles. The number of nitrogens with one attached hydrogen (secondary N) is 2. The Morgan fingerprint density at radius 3 is 2.80 bits per heavy atom. The van der Waals surface area contributed by atoms with E-state index in [0.717, 1.165) is 11.3 Å². The minimum atomic E-state index is -0.217. The van der Waals surface area contributed by atoms with Crippen LogP contribution in [-0.2, 0) is 0 Å². The van der Waals surface area contributed by atoms with Crippen LogP contribution >= 0.6 is 27.5 Å². The zero-order valence-corrected chi connectivity index (χ0v) is 13.2. The van der Waals surface area contributed by atoms with Crippen molar-refractivity contribution in [3.63, 3.8) is 0 Å². The van der Waals surface area contributed by atoms with E-state index in [9.17, 15) is 4.79 Å². The second kappa shape index (κ2) is 6.19. The van der Waals surface area contributed by atoms with Crippen LogP contribution in [0.5, 0.6) is 0 Å². The van der Waals surface area contributed by atoms with E-state index in [1.165, 1.54) is 6.20 Å². The molecule has 0 aromatic carbocycles. The lowest BCUT2D eigenvalue weighted by Crippen LogP contribution is -2.19. The molecule has 0 unspecified atom stereocenters. The first-order valence-electron chi connectivity index (χ1n) is 5.78. The lowest BCUT2D eigenvalue weighted by atomic mass is 10.2. The van der Waals surface area contributed by atoms with E-state index >= 15 is 0 Å². The number of hydrogen-bond acceptors (Lipinski definition) is 4. The maximum Gasteiger partial charge on any atom is 0.254 e. The first kappa shape index (κ1) is 14.7. The molecule has 1 amide bonds. The van der Waals surface area contributed by atoms with Crippen molar-refractivity contribution in [2.24, 2.45) is 0 Å². The summed E-state index contributed by atoms with van der Waals surface area (Å²) in [6.07, 6.45) is 3.11. The van der Waals surface area contributed by atoms with Crippen molar-refractivity contribution in [2.75, 3.05) is 12.4 Å². The number of rotatable bonds is 3. The van der Waals surface area contributed by atoms with Gasteiger partial charge in [0.05, 0.1) is 11.3 Å². The van der Waals surface area contributed by atoms with Gasteiger partial charge in [0.15, 0.2) is 0 Å². The molecular weight excluding hydrogens is 344 g/mol. The highest BCUT2D eigenvalue weighted by Gasteiger charge is 2.13. The normalized spacial score (nSPS) is 10.2. The Bertz CT molecular complexity index is 663. The van der Waals surface area contributed by atoms with Gasteiger partial charge in [0, 0.05) is 30.7 Å². The highest BCUT2D eigenvalue weighted by atomic mass is 79.9. The maximum atomic E-state index is 11.8. The SMILES string of the molecule is CNC(=O)c1cnc(Br)cc1Nc1ccnc(Cl)c1C. The molecule has 0 spiro atoms. The molecule has 7 heteroatoms. The average molecular weight is 356 g/mol.